The molecule has 0 amide bonds. The highest BCUT2D eigenvalue weighted by Crippen LogP contribution is 2.41. The van der Waals surface area contributed by atoms with Crippen LogP contribution in [0.25, 0.3) is 17.0 Å². The van der Waals surface area contributed by atoms with E-state index in [2.05, 4.69) is 15.4 Å². The molecule has 0 unspecified atom stereocenters. The summed E-state index contributed by atoms with van der Waals surface area (Å²) < 4.78 is 6.92. The second-order valence-electron chi connectivity index (χ2n) is 9.15. The molecule has 0 spiro atoms. The molecule has 0 radical (unpaired) electrons. The van der Waals surface area contributed by atoms with Crippen molar-refractivity contribution in [3.63, 3.8) is 0 Å². The van der Waals surface area contributed by atoms with E-state index in [9.17, 15) is 0 Å². The van der Waals surface area contributed by atoms with Crippen LogP contribution in [-0.2, 0) is 4.74 Å². The number of hydrogen-bond donors (Lipinski definition) is 2. The van der Waals surface area contributed by atoms with Crippen molar-refractivity contribution in [1.82, 2.24) is 24.6 Å². The minimum absolute atomic E-state index is 0.411. The lowest BCUT2D eigenvalue weighted by atomic mass is 9.96. The zero-order valence-electron chi connectivity index (χ0n) is 18.6. The number of fused-ring (bicyclic) bond motifs is 1. The Hall–Kier alpha value is -2.58. The van der Waals surface area contributed by atoms with E-state index in [0.29, 0.717) is 23.9 Å². The Kier molecular flexibility index (Phi) is 6.59. The Balaban J connectivity index is 0.000000265. The lowest BCUT2D eigenvalue weighted by molar-refractivity contribution is 0.0866. The third-order valence-electron chi connectivity index (χ3n) is 6.54. The van der Waals surface area contributed by atoms with E-state index in [-0.39, 0.29) is 0 Å². The SMILES string of the molecule is NC1CCOCC1.c1cc(-c2ccn3ncc(C4CC4)c3n2)nc(NC2CCCCC2)n1. The van der Waals surface area contributed by atoms with Crippen LogP contribution in [0.3, 0.4) is 0 Å². The first-order valence-corrected chi connectivity index (χ1v) is 12.0. The van der Waals surface area contributed by atoms with Crippen LogP contribution >= 0.6 is 0 Å². The Bertz CT molecular complexity index is 1020. The smallest absolute Gasteiger partial charge is 0.223 e. The van der Waals surface area contributed by atoms with Crippen molar-refractivity contribution in [3.05, 3.63) is 36.3 Å². The van der Waals surface area contributed by atoms with Crippen LogP contribution in [0.5, 0.6) is 0 Å². The van der Waals surface area contributed by atoms with E-state index in [4.69, 9.17) is 20.4 Å². The zero-order chi connectivity index (χ0) is 21.8. The molecule has 1 saturated heterocycles. The third-order valence-corrected chi connectivity index (χ3v) is 6.54. The number of aromatic nitrogens is 5. The topological polar surface area (TPSA) is 103 Å². The van der Waals surface area contributed by atoms with E-state index >= 15 is 0 Å². The van der Waals surface area contributed by atoms with Gasteiger partial charge in [-0.1, -0.05) is 19.3 Å². The standard InChI is InChI=1S/C19H22N6.C5H11NO/c1-2-4-14(5-3-1)22-19-20-10-8-16(24-19)17-9-11-25-18(23-17)15(12-21-25)13-6-7-13;6-5-1-3-7-4-2-5/h8-14H,1-7H2,(H,20,22,24);5H,1-4,6H2. The molecule has 8 nitrogen and oxygen atoms in total. The summed E-state index contributed by atoms with van der Waals surface area (Å²) in [5, 5.41) is 7.91. The van der Waals surface area contributed by atoms with Gasteiger partial charge in [-0.2, -0.15) is 5.10 Å². The summed E-state index contributed by atoms with van der Waals surface area (Å²) in [6, 6.07) is 4.81. The minimum atomic E-state index is 0.411. The number of nitrogens with zero attached hydrogens (tertiary/aromatic N) is 5. The van der Waals surface area contributed by atoms with Crippen molar-refractivity contribution < 1.29 is 4.74 Å². The summed E-state index contributed by atoms with van der Waals surface area (Å²) >= 11 is 0. The highest BCUT2D eigenvalue weighted by atomic mass is 16.5. The van der Waals surface area contributed by atoms with E-state index in [0.717, 1.165) is 43.1 Å². The van der Waals surface area contributed by atoms with Gasteiger partial charge in [-0.3, -0.25) is 0 Å². The second-order valence-corrected chi connectivity index (χ2v) is 9.15. The van der Waals surface area contributed by atoms with Gasteiger partial charge in [0.15, 0.2) is 5.65 Å². The summed E-state index contributed by atoms with van der Waals surface area (Å²) in [7, 11) is 0. The summed E-state index contributed by atoms with van der Waals surface area (Å²) in [6.07, 6.45) is 16.7. The summed E-state index contributed by atoms with van der Waals surface area (Å²) in [5.74, 6) is 1.34. The van der Waals surface area contributed by atoms with E-state index < -0.39 is 0 Å². The highest BCUT2D eigenvalue weighted by Gasteiger charge is 2.27. The van der Waals surface area contributed by atoms with Crippen LogP contribution in [0.2, 0.25) is 0 Å². The van der Waals surface area contributed by atoms with Crippen molar-refractivity contribution in [2.45, 2.75) is 75.8 Å². The van der Waals surface area contributed by atoms with Crippen LogP contribution in [0.4, 0.5) is 5.95 Å². The Labute approximate surface area is 189 Å². The summed E-state index contributed by atoms with van der Waals surface area (Å²) in [6.45, 7) is 1.72. The molecule has 0 atom stereocenters. The summed E-state index contributed by atoms with van der Waals surface area (Å²) in [4.78, 5) is 13.9. The predicted molar refractivity (Wildman–Crippen MR) is 125 cm³/mol. The molecule has 6 rings (SSSR count). The van der Waals surface area contributed by atoms with Gasteiger partial charge in [-0.15, -0.1) is 0 Å². The van der Waals surface area contributed by atoms with Gasteiger partial charge in [0.05, 0.1) is 17.6 Å². The largest absolute Gasteiger partial charge is 0.381 e. The molecule has 3 N–H and O–H groups in total. The monoisotopic (exact) mass is 435 g/mol. The van der Waals surface area contributed by atoms with Gasteiger partial charge in [0, 0.05) is 43.3 Å². The fourth-order valence-corrected chi connectivity index (χ4v) is 4.43. The number of nitrogens with one attached hydrogen (secondary N) is 1. The number of rotatable bonds is 4. The molecular formula is C24H33N7O. The highest BCUT2D eigenvalue weighted by molar-refractivity contribution is 5.61. The van der Waals surface area contributed by atoms with Crippen molar-refractivity contribution in [2.75, 3.05) is 18.5 Å². The lowest BCUT2D eigenvalue weighted by Gasteiger charge is -2.22. The fraction of sp³-hybridized carbons (Fsp3) is 0.583. The van der Waals surface area contributed by atoms with Gasteiger partial charge in [0.25, 0.3) is 0 Å². The molecular weight excluding hydrogens is 402 g/mol. The lowest BCUT2D eigenvalue weighted by Crippen LogP contribution is -2.28. The van der Waals surface area contributed by atoms with Crippen molar-refractivity contribution >= 4 is 11.6 Å². The molecule has 0 aromatic carbocycles. The molecule has 2 aliphatic carbocycles. The van der Waals surface area contributed by atoms with Crippen LogP contribution in [0.1, 0.15) is 69.3 Å². The van der Waals surface area contributed by atoms with Gasteiger partial charge in [0.2, 0.25) is 5.95 Å². The molecule has 2 saturated carbocycles. The van der Waals surface area contributed by atoms with Crippen molar-refractivity contribution in [1.29, 1.82) is 0 Å². The van der Waals surface area contributed by atoms with Crippen LogP contribution < -0.4 is 11.1 Å². The number of nitrogens with two attached hydrogens (primary N) is 1. The second kappa shape index (κ2) is 9.92. The molecule has 4 heterocycles. The Morgan fingerprint density at radius 3 is 2.44 bits per heavy atom. The van der Waals surface area contributed by atoms with Gasteiger partial charge in [0.1, 0.15) is 0 Å². The third kappa shape index (κ3) is 5.24. The van der Waals surface area contributed by atoms with Gasteiger partial charge >= 0.3 is 0 Å². The summed E-state index contributed by atoms with van der Waals surface area (Å²) in [5.41, 5.74) is 9.51. The average Bonchev–Trinajstić information content (AvgIpc) is 3.59. The maximum atomic E-state index is 5.55. The van der Waals surface area contributed by atoms with Gasteiger partial charge in [-0.25, -0.2) is 19.5 Å². The van der Waals surface area contributed by atoms with E-state index in [1.807, 2.05) is 35.2 Å². The molecule has 170 valence electrons. The zero-order valence-corrected chi connectivity index (χ0v) is 18.6. The molecule has 3 aliphatic rings. The minimum Gasteiger partial charge on any atom is -0.381 e. The Morgan fingerprint density at radius 1 is 0.938 bits per heavy atom. The Morgan fingerprint density at radius 2 is 1.72 bits per heavy atom. The van der Waals surface area contributed by atoms with Crippen molar-refractivity contribution in [2.24, 2.45) is 5.73 Å². The van der Waals surface area contributed by atoms with Crippen LogP contribution in [0.15, 0.2) is 30.7 Å². The van der Waals surface area contributed by atoms with E-state index in [1.165, 1.54) is 50.5 Å². The average molecular weight is 436 g/mol. The first-order valence-electron chi connectivity index (χ1n) is 12.0. The first-order chi connectivity index (χ1) is 15.8. The molecule has 32 heavy (non-hydrogen) atoms. The van der Waals surface area contributed by atoms with Crippen LogP contribution in [0, 0.1) is 0 Å². The number of hydrogen-bond acceptors (Lipinski definition) is 7. The molecule has 3 aromatic rings. The number of anilines is 1. The molecule has 0 bridgehead atoms. The van der Waals surface area contributed by atoms with Gasteiger partial charge < -0.3 is 15.8 Å². The first kappa shape index (κ1) is 21.3. The van der Waals surface area contributed by atoms with E-state index in [1.54, 1.807) is 0 Å². The quantitative estimate of drug-likeness (QED) is 0.640. The molecule has 8 heteroatoms. The molecule has 1 aliphatic heterocycles. The normalized spacial score (nSPS) is 20.0. The predicted octanol–water partition coefficient (Wildman–Crippen LogP) is 3.93. The molecule has 3 fully saturated rings. The van der Waals surface area contributed by atoms with Crippen LogP contribution in [-0.4, -0.2) is 49.9 Å². The fourth-order valence-electron chi connectivity index (χ4n) is 4.43. The van der Waals surface area contributed by atoms with Gasteiger partial charge in [-0.05, 0) is 56.6 Å². The molecule has 3 aromatic heterocycles. The van der Waals surface area contributed by atoms with Crippen molar-refractivity contribution in [3.8, 4) is 11.4 Å². The maximum absolute atomic E-state index is 5.55. The number of ether oxygens (including phenoxy) is 1. The maximum Gasteiger partial charge on any atom is 0.223 e.